The molecule has 1 atom stereocenters. The number of aromatic nitrogens is 3. The third-order valence-electron chi connectivity index (χ3n) is 5.38. The molecular formula is C22H29Cl2N5O2S. The highest BCUT2D eigenvalue weighted by Gasteiger charge is 2.35. The summed E-state index contributed by atoms with van der Waals surface area (Å²) in [5, 5.41) is 13.3. The van der Waals surface area contributed by atoms with Crippen molar-refractivity contribution in [2.24, 2.45) is 5.92 Å². The molecule has 174 valence electrons. The minimum absolute atomic E-state index is 0.137. The highest BCUT2D eigenvalue weighted by molar-refractivity contribution is 7.98. The maximum atomic E-state index is 13.0. The summed E-state index contributed by atoms with van der Waals surface area (Å²) in [6, 6.07) is 4.29. The van der Waals surface area contributed by atoms with Gasteiger partial charge in [-0.3, -0.25) is 9.59 Å². The van der Waals surface area contributed by atoms with E-state index in [-0.39, 0.29) is 11.8 Å². The summed E-state index contributed by atoms with van der Waals surface area (Å²) in [6.45, 7) is 6.24. The number of nitrogens with one attached hydrogen (secondary N) is 1. The molecule has 2 aromatic rings. The largest absolute Gasteiger partial charge is 0.354 e. The Labute approximate surface area is 203 Å². The zero-order valence-electron chi connectivity index (χ0n) is 18.6. The van der Waals surface area contributed by atoms with E-state index in [1.807, 2.05) is 6.26 Å². The molecule has 0 radical (unpaired) electrons. The van der Waals surface area contributed by atoms with Gasteiger partial charge in [-0.1, -0.05) is 48.8 Å². The Balaban J connectivity index is 1.55. The number of hydrogen-bond donors (Lipinski definition) is 1. The Hall–Kier alpha value is -1.77. The quantitative estimate of drug-likeness (QED) is 0.412. The van der Waals surface area contributed by atoms with Crippen LogP contribution in [0.1, 0.15) is 49.3 Å². The predicted octanol–water partition coefficient (Wildman–Crippen LogP) is 4.32. The Morgan fingerprint density at radius 3 is 2.78 bits per heavy atom. The number of thioether (sulfide) groups is 1. The Kier molecular flexibility index (Phi) is 8.85. The van der Waals surface area contributed by atoms with E-state index >= 15 is 0 Å². The van der Waals surface area contributed by atoms with Crippen LogP contribution in [0.2, 0.25) is 10.0 Å². The average molecular weight is 498 g/mol. The van der Waals surface area contributed by atoms with Gasteiger partial charge >= 0.3 is 0 Å². The summed E-state index contributed by atoms with van der Waals surface area (Å²) in [5.74, 6) is 1.03. The lowest BCUT2D eigenvalue weighted by Crippen LogP contribution is -2.46. The van der Waals surface area contributed by atoms with Gasteiger partial charge in [0, 0.05) is 31.1 Å². The number of hydrogen-bond acceptors (Lipinski definition) is 5. The minimum Gasteiger partial charge on any atom is -0.354 e. The molecule has 1 saturated heterocycles. The van der Waals surface area contributed by atoms with Crippen molar-refractivity contribution < 1.29 is 9.59 Å². The van der Waals surface area contributed by atoms with Crippen LogP contribution in [-0.4, -0.2) is 56.9 Å². The van der Waals surface area contributed by atoms with Crippen molar-refractivity contribution in [3.63, 3.8) is 0 Å². The van der Waals surface area contributed by atoms with Gasteiger partial charge in [-0.05, 0) is 49.6 Å². The van der Waals surface area contributed by atoms with E-state index in [1.54, 1.807) is 34.9 Å². The molecule has 1 aromatic heterocycles. The summed E-state index contributed by atoms with van der Waals surface area (Å²) in [5.41, 5.74) is 0.327. The topological polar surface area (TPSA) is 80.1 Å². The van der Waals surface area contributed by atoms with E-state index in [9.17, 15) is 9.59 Å². The van der Waals surface area contributed by atoms with E-state index in [1.165, 1.54) is 0 Å². The van der Waals surface area contributed by atoms with E-state index in [0.29, 0.717) is 41.0 Å². The van der Waals surface area contributed by atoms with E-state index < -0.39 is 6.04 Å². The monoisotopic (exact) mass is 497 g/mol. The van der Waals surface area contributed by atoms with Gasteiger partial charge in [0.25, 0.3) is 5.91 Å². The van der Waals surface area contributed by atoms with Crippen LogP contribution >= 0.6 is 35.0 Å². The normalized spacial score (nSPS) is 16.1. The van der Waals surface area contributed by atoms with Crippen LogP contribution in [0, 0.1) is 5.92 Å². The molecule has 32 heavy (non-hydrogen) atoms. The number of amides is 2. The van der Waals surface area contributed by atoms with Crippen molar-refractivity contribution in [3.05, 3.63) is 39.6 Å². The summed E-state index contributed by atoms with van der Waals surface area (Å²) in [7, 11) is 0. The lowest BCUT2D eigenvalue weighted by Gasteiger charge is -2.24. The number of aryl methyl sites for hydroxylation is 1. The van der Waals surface area contributed by atoms with Gasteiger partial charge in [0.2, 0.25) is 5.91 Å². The number of benzene rings is 1. The molecule has 7 nitrogen and oxygen atoms in total. The zero-order valence-corrected chi connectivity index (χ0v) is 20.9. The SMILES string of the molecule is CSc1nnc(CCCNC(=O)C2CCCN2C(=O)c2cc(Cl)ccc2Cl)n1CC(C)C. The second-order valence-electron chi connectivity index (χ2n) is 8.28. The second-order valence-corrected chi connectivity index (χ2v) is 9.90. The first-order valence-electron chi connectivity index (χ1n) is 10.8. The van der Waals surface area contributed by atoms with Gasteiger partial charge in [-0.2, -0.15) is 0 Å². The molecule has 2 heterocycles. The summed E-state index contributed by atoms with van der Waals surface area (Å²) in [6.07, 6.45) is 4.88. The highest BCUT2D eigenvalue weighted by Crippen LogP contribution is 2.26. The maximum absolute atomic E-state index is 13.0. The van der Waals surface area contributed by atoms with Crippen LogP contribution in [0.25, 0.3) is 0 Å². The number of carbonyl (C=O) groups is 2. The fraction of sp³-hybridized carbons (Fsp3) is 0.545. The Bertz CT molecular complexity index is 966. The smallest absolute Gasteiger partial charge is 0.256 e. The molecular weight excluding hydrogens is 469 g/mol. The van der Waals surface area contributed by atoms with Gasteiger partial charge in [-0.15, -0.1) is 10.2 Å². The molecule has 3 rings (SSSR count). The van der Waals surface area contributed by atoms with Crippen LogP contribution < -0.4 is 5.32 Å². The van der Waals surface area contributed by atoms with Crippen molar-refractivity contribution in [2.75, 3.05) is 19.3 Å². The van der Waals surface area contributed by atoms with Crippen molar-refractivity contribution in [2.45, 2.75) is 57.3 Å². The first-order valence-corrected chi connectivity index (χ1v) is 12.8. The van der Waals surface area contributed by atoms with Crippen molar-refractivity contribution in [1.29, 1.82) is 0 Å². The summed E-state index contributed by atoms with van der Waals surface area (Å²) < 4.78 is 2.16. The number of rotatable bonds is 9. The first-order chi connectivity index (χ1) is 15.3. The molecule has 1 aliphatic rings. The van der Waals surface area contributed by atoms with Crippen LogP contribution in [0.15, 0.2) is 23.4 Å². The van der Waals surface area contributed by atoms with Crippen LogP contribution in [0.4, 0.5) is 0 Å². The lowest BCUT2D eigenvalue weighted by atomic mass is 10.1. The molecule has 2 amide bonds. The van der Waals surface area contributed by atoms with Gasteiger partial charge in [-0.25, -0.2) is 0 Å². The van der Waals surface area contributed by atoms with Crippen molar-refractivity contribution in [3.8, 4) is 0 Å². The van der Waals surface area contributed by atoms with E-state index in [0.717, 1.165) is 36.8 Å². The number of carbonyl (C=O) groups excluding carboxylic acids is 2. The van der Waals surface area contributed by atoms with Gasteiger partial charge < -0.3 is 14.8 Å². The highest BCUT2D eigenvalue weighted by atomic mass is 35.5. The van der Waals surface area contributed by atoms with Crippen LogP contribution in [-0.2, 0) is 17.8 Å². The molecule has 1 unspecified atom stereocenters. The van der Waals surface area contributed by atoms with Crippen LogP contribution in [0.5, 0.6) is 0 Å². The molecule has 0 spiro atoms. The van der Waals surface area contributed by atoms with Crippen molar-refractivity contribution >= 4 is 46.8 Å². The molecule has 0 bridgehead atoms. The van der Waals surface area contributed by atoms with E-state index in [2.05, 4.69) is 33.9 Å². The summed E-state index contributed by atoms with van der Waals surface area (Å²) in [4.78, 5) is 27.4. The molecule has 1 fully saturated rings. The summed E-state index contributed by atoms with van der Waals surface area (Å²) >= 11 is 13.8. The first kappa shape index (κ1) is 24.9. The van der Waals surface area contributed by atoms with Gasteiger partial charge in [0.05, 0.1) is 10.6 Å². The molecule has 1 N–H and O–H groups in total. The van der Waals surface area contributed by atoms with Crippen LogP contribution in [0.3, 0.4) is 0 Å². The number of halogens is 2. The third kappa shape index (κ3) is 5.97. The van der Waals surface area contributed by atoms with E-state index in [4.69, 9.17) is 23.2 Å². The average Bonchev–Trinajstić information content (AvgIpc) is 3.39. The minimum atomic E-state index is -0.495. The molecule has 1 aromatic carbocycles. The lowest BCUT2D eigenvalue weighted by molar-refractivity contribution is -0.124. The molecule has 1 aliphatic heterocycles. The number of nitrogens with zero attached hydrogens (tertiary/aromatic N) is 4. The molecule has 0 aliphatic carbocycles. The standard InChI is InChI=1S/C22H29Cl2N5O2S/c1-14(2)13-29-19(26-27-22(29)32-3)7-4-10-25-20(30)18-6-5-11-28(18)21(31)16-12-15(23)8-9-17(16)24/h8-9,12,14,18H,4-7,10-11,13H2,1-3H3,(H,25,30). The van der Waals surface area contributed by atoms with Crippen molar-refractivity contribution in [1.82, 2.24) is 25.0 Å². The molecule has 10 heteroatoms. The maximum Gasteiger partial charge on any atom is 0.256 e. The fourth-order valence-corrected chi connectivity index (χ4v) is 4.77. The predicted molar refractivity (Wildman–Crippen MR) is 128 cm³/mol. The molecule has 0 saturated carbocycles. The van der Waals surface area contributed by atoms with Gasteiger partial charge in [0.1, 0.15) is 11.9 Å². The van der Waals surface area contributed by atoms with Gasteiger partial charge in [0.15, 0.2) is 5.16 Å². The Morgan fingerprint density at radius 1 is 1.28 bits per heavy atom. The Morgan fingerprint density at radius 2 is 2.06 bits per heavy atom. The fourth-order valence-electron chi connectivity index (χ4n) is 3.88. The zero-order chi connectivity index (χ0) is 23.3. The third-order valence-corrected chi connectivity index (χ3v) is 6.61. The number of likely N-dealkylation sites (tertiary alicyclic amines) is 1. The second kappa shape index (κ2) is 11.4.